The molecule has 0 aromatic heterocycles. The van der Waals surface area contributed by atoms with Crippen molar-refractivity contribution < 1.29 is 31.1 Å². The number of nitrogens with one attached hydrogen (secondary N) is 1. The summed E-state index contributed by atoms with van der Waals surface area (Å²) in [5.41, 5.74) is 0.682. The van der Waals surface area contributed by atoms with Gasteiger partial charge >= 0.3 is 6.36 Å². The fourth-order valence-corrected chi connectivity index (χ4v) is 3.59. The first-order valence-electron chi connectivity index (χ1n) is 8.31. The normalized spacial score (nSPS) is 12.1. The predicted molar refractivity (Wildman–Crippen MR) is 101 cm³/mol. The second kappa shape index (κ2) is 9.47. The van der Waals surface area contributed by atoms with Gasteiger partial charge in [0.05, 0.1) is 11.4 Å². The number of carbonyl (C=O) groups excluding carboxylic acids is 1. The smallest absolute Gasteiger partial charge is 0.406 e. The monoisotopic (exact) mass is 450 g/mol. The minimum atomic E-state index is -4.76. The Morgan fingerprint density at radius 2 is 1.69 bits per heavy atom. The van der Waals surface area contributed by atoms with Gasteiger partial charge in [-0.1, -0.05) is 23.7 Å². The Morgan fingerprint density at radius 3 is 2.24 bits per heavy atom. The van der Waals surface area contributed by atoms with Crippen molar-refractivity contribution >= 4 is 27.5 Å². The van der Waals surface area contributed by atoms with Crippen molar-refractivity contribution in [1.82, 2.24) is 9.62 Å². The van der Waals surface area contributed by atoms with Gasteiger partial charge in [0.25, 0.3) is 0 Å². The second-order valence-corrected chi connectivity index (χ2v) is 8.49. The van der Waals surface area contributed by atoms with E-state index in [1.807, 2.05) is 0 Å². The van der Waals surface area contributed by atoms with Crippen LogP contribution in [-0.4, -0.2) is 45.1 Å². The Morgan fingerprint density at radius 1 is 1.10 bits per heavy atom. The molecule has 0 saturated carbocycles. The van der Waals surface area contributed by atoms with Crippen LogP contribution in [-0.2, 0) is 21.2 Å². The average molecular weight is 451 g/mol. The van der Waals surface area contributed by atoms with Gasteiger partial charge in [0.2, 0.25) is 15.9 Å². The topological polar surface area (TPSA) is 75.7 Å². The lowest BCUT2D eigenvalue weighted by Gasteiger charge is -2.17. The summed E-state index contributed by atoms with van der Waals surface area (Å²) in [6.07, 6.45) is -4.40. The lowest BCUT2D eigenvalue weighted by atomic mass is 10.1. The third-order valence-corrected chi connectivity index (χ3v) is 5.85. The molecule has 0 atom stereocenters. The first-order chi connectivity index (χ1) is 13.5. The number of alkyl halides is 3. The van der Waals surface area contributed by atoms with Gasteiger partial charge in [0.15, 0.2) is 0 Å². The van der Waals surface area contributed by atoms with Crippen molar-refractivity contribution in [1.29, 1.82) is 0 Å². The molecule has 0 saturated heterocycles. The van der Waals surface area contributed by atoms with Crippen LogP contribution in [0.4, 0.5) is 13.2 Å². The van der Waals surface area contributed by atoms with Gasteiger partial charge in [-0.2, -0.15) is 4.31 Å². The molecule has 0 bridgehead atoms. The van der Waals surface area contributed by atoms with Crippen molar-refractivity contribution in [3.05, 3.63) is 59.1 Å². The van der Waals surface area contributed by atoms with Crippen molar-refractivity contribution in [2.75, 3.05) is 20.1 Å². The first kappa shape index (κ1) is 23.0. The highest BCUT2D eigenvalue weighted by atomic mass is 35.5. The molecule has 2 aromatic rings. The van der Waals surface area contributed by atoms with Crippen LogP contribution in [0, 0.1) is 0 Å². The molecule has 0 aliphatic rings. The molecule has 0 spiro atoms. The zero-order valence-corrected chi connectivity index (χ0v) is 16.8. The number of halogens is 4. The number of ether oxygens (including phenoxy) is 1. The highest BCUT2D eigenvalue weighted by Crippen LogP contribution is 2.22. The number of amides is 1. The number of benzene rings is 2. The molecule has 158 valence electrons. The molecule has 0 radical (unpaired) electrons. The number of rotatable bonds is 8. The highest BCUT2D eigenvalue weighted by molar-refractivity contribution is 7.89. The quantitative estimate of drug-likeness (QED) is 0.670. The maximum atomic E-state index is 12.4. The predicted octanol–water partition coefficient (Wildman–Crippen LogP) is 3.22. The highest BCUT2D eigenvalue weighted by Gasteiger charge is 2.31. The van der Waals surface area contributed by atoms with Crippen LogP contribution in [0.5, 0.6) is 5.75 Å². The molecule has 2 aromatic carbocycles. The third kappa shape index (κ3) is 7.22. The Hall–Kier alpha value is -2.30. The van der Waals surface area contributed by atoms with E-state index in [4.69, 9.17) is 11.6 Å². The maximum absolute atomic E-state index is 12.4. The zero-order chi connectivity index (χ0) is 21.7. The molecule has 29 heavy (non-hydrogen) atoms. The van der Waals surface area contributed by atoms with Crippen LogP contribution in [0.25, 0.3) is 0 Å². The van der Waals surface area contributed by atoms with E-state index >= 15 is 0 Å². The Labute approximate surface area is 171 Å². The molecule has 0 aliphatic heterocycles. The van der Waals surface area contributed by atoms with E-state index in [2.05, 4.69) is 10.1 Å². The molecule has 1 N–H and O–H groups in total. The summed E-state index contributed by atoms with van der Waals surface area (Å²) >= 11 is 5.74. The van der Waals surface area contributed by atoms with E-state index in [9.17, 15) is 26.4 Å². The van der Waals surface area contributed by atoms with Crippen molar-refractivity contribution in [3.8, 4) is 5.75 Å². The summed E-state index contributed by atoms with van der Waals surface area (Å²) in [6, 6.07) is 10.8. The van der Waals surface area contributed by atoms with Gasteiger partial charge in [-0.3, -0.25) is 4.79 Å². The molecule has 1 amide bonds. The summed E-state index contributed by atoms with van der Waals surface area (Å²) in [5.74, 6) is -0.846. The SMILES string of the molecule is CN(CC(=O)NCCc1ccc(OC(F)(F)F)cc1)S(=O)(=O)c1ccc(Cl)cc1. The minimum absolute atomic E-state index is 0.0124. The minimum Gasteiger partial charge on any atom is -0.406 e. The van der Waals surface area contributed by atoms with Gasteiger partial charge in [-0.25, -0.2) is 8.42 Å². The van der Waals surface area contributed by atoms with Crippen LogP contribution in [0.3, 0.4) is 0 Å². The van der Waals surface area contributed by atoms with Gasteiger partial charge in [-0.05, 0) is 48.4 Å². The zero-order valence-electron chi connectivity index (χ0n) is 15.2. The number of nitrogens with zero attached hydrogens (tertiary/aromatic N) is 1. The van der Waals surface area contributed by atoms with Gasteiger partial charge < -0.3 is 10.1 Å². The number of hydrogen-bond donors (Lipinski definition) is 1. The lowest BCUT2D eigenvalue weighted by molar-refractivity contribution is -0.274. The average Bonchev–Trinajstić information content (AvgIpc) is 2.62. The summed E-state index contributed by atoms with van der Waals surface area (Å²) < 4.78 is 65.9. The molecule has 0 fully saturated rings. The number of sulfonamides is 1. The summed E-state index contributed by atoms with van der Waals surface area (Å²) in [6.45, 7) is -0.198. The van der Waals surface area contributed by atoms with E-state index in [0.717, 1.165) is 4.31 Å². The van der Waals surface area contributed by atoms with Gasteiger partial charge in [0.1, 0.15) is 5.75 Å². The summed E-state index contributed by atoms with van der Waals surface area (Å²) in [5, 5.41) is 2.96. The lowest BCUT2D eigenvalue weighted by Crippen LogP contribution is -2.39. The Bertz CT molecular complexity index is 933. The van der Waals surface area contributed by atoms with E-state index in [0.29, 0.717) is 17.0 Å². The van der Waals surface area contributed by atoms with Crippen LogP contribution in [0.15, 0.2) is 53.4 Å². The number of likely N-dealkylation sites (N-methyl/N-ethyl adjacent to an activating group) is 1. The van der Waals surface area contributed by atoms with Crippen LogP contribution in [0.1, 0.15) is 5.56 Å². The van der Waals surface area contributed by atoms with E-state index < -0.39 is 22.3 Å². The molecule has 2 rings (SSSR count). The van der Waals surface area contributed by atoms with Crippen LogP contribution in [0.2, 0.25) is 5.02 Å². The van der Waals surface area contributed by atoms with E-state index in [-0.39, 0.29) is 23.7 Å². The third-order valence-electron chi connectivity index (χ3n) is 3.78. The van der Waals surface area contributed by atoms with E-state index in [1.165, 1.54) is 55.6 Å². The molecule has 0 unspecified atom stereocenters. The fourth-order valence-electron chi connectivity index (χ4n) is 2.33. The van der Waals surface area contributed by atoms with E-state index in [1.54, 1.807) is 0 Å². The molecular formula is C18H18ClF3N2O4S. The van der Waals surface area contributed by atoms with Crippen molar-refractivity contribution in [2.24, 2.45) is 0 Å². The summed E-state index contributed by atoms with van der Waals surface area (Å²) in [7, 11) is -2.56. The fraction of sp³-hybridized carbons (Fsp3) is 0.278. The first-order valence-corrected chi connectivity index (χ1v) is 10.1. The van der Waals surface area contributed by atoms with Gasteiger partial charge in [-0.15, -0.1) is 13.2 Å². The molecule has 11 heteroatoms. The van der Waals surface area contributed by atoms with Crippen molar-refractivity contribution in [2.45, 2.75) is 17.7 Å². The van der Waals surface area contributed by atoms with Crippen molar-refractivity contribution in [3.63, 3.8) is 0 Å². The molecule has 0 aliphatic carbocycles. The Kier molecular flexibility index (Phi) is 7.50. The molecular weight excluding hydrogens is 433 g/mol. The number of hydrogen-bond acceptors (Lipinski definition) is 4. The standard InChI is InChI=1S/C18H18ClF3N2O4S/c1-24(29(26,27)16-8-4-14(19)5-9-16)12-17(25)23-11-10-13-2-6-15(7-3-13)28-18(20,21)22/h2-9H,10-12H2,1H3,(H,23,25). The van der Waals surface area contributed by atoms with Crippen LogP contribution >= 0.6 is 11.6 Å². The molecule has 6 nitrogen and oxygen atoms in total. The Balaban J connectivity index is 1.82. The molecule has 0 heterocycles. The number of carbonyl (C=O) groups is 1. The largest absolute Gasteiger partial charge is 0.573 e. The maximum Gasteiger partial charge on any atom is 0.573 e. The second-order valence-electron chi connectivity index (χ2n) is 6.01. The van der Waals surface area contributed by atoms with Gasteiger partial charge in [0, 0.05) is 18.6 Å². The van der Waals surface area contributed by atoms with Crippen LogP contribution < -0.4 is 10.1 Å². The summed E-state index contributed by atoms with van der Waals surface area (Å²) in [4.78, 5) is 12.0.